The SMILES string of the molecule is C[C@H](NC(=O)C1CN(C)CCN1C(=O)[C@@H]1C[C@@H](O)CN1C(=O)OC(C)(C)C)C(=O)O. The van der Waals surface area contributed by atoms with Crippen LogP contribution in [0.1, 0.15) is 34.1 Å². The van der Waals surface area contributed by atoms with E-state index in [2.05, 4.69) is 5.32 Å². The molecule has 2 aliphatic rings. The zero-order valence-electron chi connectivity index (χ0n) is 18.1. The first-order chi connectivity index (χ1) is 13.8. The smallest absolute Gasteiger partial charge is 0.411 e. The Morgan fingerprint density at radius 1 is 1.07 bits per heavy atom. The molecule has 0 radical (unpaired) electrons. The van der Waals surface area contributed by atoms with Gasteiger partial charge in [0.1, 0.15) is 23.7 Å². The molecule has 2 aliphatic heterocycles. The Morgan fingerprint density at radius 3 is 2.27 bits per heavy atom. The van der Waals surface area contributed by atoms with E-state index in [1.54, 1.807) is 27.8 Å². The fourth-order valence-electron chi connectivity index (χ4n) is 3.54. The van der Waals surface area contributed by atoms with Crippen molar-refractivity contribution in [3.63, 3.8) is 0 Å². The number of aliphatic carboxylic acids is 1. The molecule has 0 aromatic rings. The molecule has 3 N–H and O–H groups in total. The van der Waals surface area contributed by atoms with E-state index in [0.717, 1.165) is 0 Å². The summed E-state index contributed by atoms with van der Waals surface area (Å²) in [5.74, 6) is -2.22. The van der Waals surface area contributed by atoms with Crippen LogP contribution >= 0.6 is 0 Å². The standard InChI is InChI=1S/C19H32N4O7/c1-11(17(27)28)20-15(25)14-10-21(5)6-7-22(14)16(26)13-8-12(24)9-23(13)18(29)30-19(2,3)4/h11-14,24H,6-10H2,1-5H3,(H,20,25)(H,27,28)/t11-,12+,13-,14?/m0/s1. The summed E-state index contributed by atoms with van der Waals surface area (Å²) in [6.07, 6.45) is -1.53. The number of aliphatic hydroxyl groups excluding tert-OH is 1. The van der Waals surface area contributed by atoms with E-state index in [0.29, 0.717) is 6.54 Å². The van der Waals surface area contributed by atoms with Crippen LogP contribution in [0.3, 0.4) is 0 Å². The highest BCUT2D eigenvalue weighted by Crippen LogP contribution is 2.24. The average molecular weight is 428 g/mol. The largest absolute Gasteiger partial charge is 0.480 e. The van der Waals surface area contributed by atoms with Crippen molar-refractivity contribution in [2.24, 2.45) is 0 Å². The van der Waals surface area contributed by atoms with Crippen LogP contribution in [-0.4, -0.2) is 112 Å². The second-order valence-electron chi connectivity index (χ2n) is 8.92. The predicted molar refractivity (Wildman–Crippen MR) is 106 cm³/mol. The number of rotatable bonds is 4. The molecule has 3 amide bonds. The minimum absolute atomic E-state index is 0.0357. The number of piperazine rings is 1. The summed E-state index contributed by atoms with van der Waals surface area (Å²) in [5, 5.41) is 21.5. The number of carbonyl (C=O) groups excluding carboxylic acids is 3. The van der Waals surface area contributed by atoms with Crippen molar-refractivity contribution in [2.75, 3.05) is 33.2 Å². The molecular formula is C19H32N4O7. The second kappa shape index (κ2) is 9.17. The summed E-state index contributed by atoms with van der Waals surface area (Å²) in [6.45, 7) is 7.42. The number of hydrogen-bond acceptors (Lipinski definition) is 7. The number of amides is 3. The molecule has 170 valence electrons. The van der Waals surface area contributed by atoms with Crippen molar-refractivity contribution in [2.45, 2.75) is 63.9 Å². The number of hydrogen-bond donors (Lipinski definition) is 3. The molecule has 2 fully saturated rings. The number of carbonyl (C=O) groups is 4. The molecule has 0 bridgehead atoms. The molecule has 2 rings (SSSR count). The van der Waals surface area contributed by atoms with Crippen LogP contribution < -0.4 is 5.32 Å². The second-order valence-corrected chi connectivity index (χ2v) is 8.92. The van der Waals surface area contributed by atoms with E-state index in [1.807, 2.05) is 4.90 Å². The van der Waals surface area contributed by atoms with Crippen LogP contribution in [0.15, 0.2) is 0 Å². The Kier molecular flexibility index (Phi) is 7.30. The minimum Gasteiger partial charge on any atom is -0.480 e. The highest BCUT2D eigenvalue weighted by molar-refractivity contribution is 5.93. The number of carboxylic acids is 1. The van der Waals surface area contributed by atoms with Crippen LogP contribution in [0.2, 0.25) is 0 Å². The maximum Gasteiger partial charge on any atom is 0.411 e. The van der Waals surface area contributed by atoms with Crippen molar-refractivity contribution in [1.82, 2.24) is 20.0 Å². The molecule has 11 nitrogen and oxygen atoms in total. The lowest BCUT2D eigenvalue weighted by atomic mass is 10.1. The molecule has 0 aromatic carbocycles. The van der Waals surface area contributed by atoms with Gasteiger partial charge in [-0.1, -0.05) is 0 Å². The third-order valence-corrected chi connectivity index (χ3v) is 5.09. The third-order valence-electron chi connectivity index (χ3n) is 5.09. The van der Waals surface area contributed by atoms with Crippen molar-refractivity contribution in [3.8, 4) is 0 Å². The zero-order valence-corrected chi connectivity index (χ0v) is 18.1. The molecule has 2 heterocycles. The number of nitrogens with zero attached hydrogens (tertiary/aromatic N) is 3. The number of ether oxygens (including phenoxy) is 1. The molecular weight excluding hydrogens is 396 g/mol. The van der Waals surface area contributed by atoms with Crippen LogP contribution in [0.4, 0.5) is 4.79 Å². The van der Waals surface area contributed by atoms with Gasteiger partial charge >= 0.3 is 12.1 Å². The fourth-order valence-corrected chi connectivity index (χ4v) is 3.54. The monoisotopic (exact) mass is 428 g/mol. The minimum atomic E-state index is -1.18. The van der Waals surface area contributed by atoms with Gasteiger partial charge in [0.2, 0.25) is 11.8 Å². The van der Waals surface area contributed by atoms with Gasteiger partial charge in [0.25, 0.3) is 0 Å². The molecule has 11 heteroatoms. The van der Waals surface area contributed by atoms with Gasteiger partial charge < -0.3 is 30.1 Å². The molecule has 0 saturated carbocycles. The van der Waals surface area contributed by atoms with Gasteiger partial charge in [0.15, 0.2) is 0 Å². The van der Waals surface area contributed by atoms with E-state index < -0.39 is 53.7 Å². The van der Waals surface area contributed by atoms with Crippen molar-refractivity contribution < 1.29 is 34.1 Å². The highest BCUT2D eigenvalue weighted by Gasteiger charge is 2.45. The van der Waals surface area contributed by atoms with Crippen LogP contribution in [0, 0.1) is 0 Å². The summed E-state index contributed by atoms with van der Waals surface area (Å²) in [5.41, 5.74) is -0.762. The Labute approximate surface area is 175 Å². The van der Waals surface area contributed by atoms with Gasteiger partial charge in [0.05, 0.1) is 12.6 Å². The van der Waals surface area contributed by atoms with Gasteiger partial charge in [-0.05, 0) is 34.7 Å². The van der Waals surface area contributed by atoms with Crippen LogP contribution in [0.25, 0.3) is 0 Å². The summed E-state index contributed by atoms with van der Waals surface area (Å²) in [7, 11) is 1.80. The number of likely N-dealkylation sites (N-methyl/N-ethyl adjacent to an activating group) is 1. The average Bonchev–Trinajstić information content (AvgIpc) is 3.01. The lowest BCUT2D eigenvalue weighted by Gasteiger charge is -2.41. The van der Waals surface area contributed by atoms with E-state index >= 15 is 0 Å². The summed E-state index contributed by atoms with van der Waals surface area (Å²) < 4.78 is 5.36. The highest BCUT2D eigenvalue weighted by atomic mass is 16.6. The van der Waals surface area contributed by atoms with Crippen molar-refractivity contribution >= 4 is 23.9 Å². The number of carboxylic acid groups (broad SMARTS) is 1. The molecule has 0 aromatic heterocycles. The first-order valence-electron chi connectivity index (χ1n) is 10.00. The van der Waals surface area contributed by atoms with E-state index in [4.69, 9.17) is 9.84 Å². The van der Waals surface area contributed by atoms with E-state index in [-0.39, 0.29) is 26.1 Å². The third kappa shape index (κ3) is 5.82. The molecule has 2 saturated heterocycles. The molecule has 30 heavy (non-hydrogen) atoms. The summed E-state index contributed by atoms with van der Waals surface area (Å²) in [4.78, 5) is 54.1. The van der Waals surface area contributed by atoms with Crippen LogP contribution in [0.5, 0.6) is 0 Å². The fraction of sp³-hybridized carbons (Fsp3) is 0.789. The molecule has 0 spiro atoms. The Hall–Kier alpha value is -2.40. The molecule has 4 atom stereocenters. The van der Waals surface area contributed by atoms with Gasteiger partial charge in [-0.25, -0.2) is 4.79 Å². The topological polar surface area (TPSA) is 140 Å². The number of likely N-dealkylation sites (tertiary alicyclic amines) is 1. The van der Waals surface area contributed by atoms with Gasteiger partial charge in [0, 0.05) is 26.1 Å². The van der Waals surface area contributed by atoms with Gasteiger partial charge in [-0.15, -0.1) is 0 Å². The summed E-state index contributed by atoms with van der Waals surface area (Å²) in [6, 6.07) is -2.96. The predicted octanol–water partition coefficient (Wildman–Crippen LogP) is -0.911. The Balaban J connectivity index is 2.20. The first kappa shape index (κ1) is 23.9. The number of nitrogens with one attached hydrogen (secondary N) is 1. The first-order valence-corrected chi connectivity index (χ1v) is 10.00. The number of aliphatic hydroxyl groups is 1. The zero-order chi connectivity index (χ0) is 22.8. The van der Waals surface area contributed by atoms with E-state index in [1.165, 1.54) is 16.7 Å². The van der Waals surface area contributed by atoms with Crippen molar-refractivity contribution in [3.05, 3.63) is 0 Å². The van der Waals surface area contributed by atoms with Crippen molar-refractivity contribution in [1.29, 1.82) is 0 Å². The van der Waals surface area contributed by atoms with Crippen LogP contribution in [-0.2, 0) is 19.1 Å². The maximum atomic E-state index is 13.3. The molecule has 1 unspecified atom stereocenters. The molecule has 0 aliphatic carbocycles. The van der Waals surface area contributed by atoms with Gasteiger partial charge in [-0.3, -0.25) is 19.3 Å². The lowest BCUT2D eigenvalue weighted by Crippen LogP contribution is -2.63. The Bertz CT molecular complexity index is 693. The van der Waals surface area contributed by atoms with E-state index in [9.17, 15) is 24.3 Å². The maximum absolute atomic E-state index is 13.3. The summed E-state index contributed by atoms with van der Waals surface area (Å²) >= 11 is 0. The van der Waals surface area contributed by atoms with Gasteiger partial charge in [-0.2, -0.15) is 0 Å². The Morgan fingerprint density at radius 2 is 1.70 bits per heavy atom. The quantitative estimate of drug-likeness (QED) is 0.523. The number of β-amino-alcohol motifs (C(OH)–C–C–N with tert-alkyl or cyclic N) is 1. The normalized spacial score (nSPS) is 26.3. The lowest BCUT2D eigenvalue weighted by molar-refractivity contribution is -0.148.